The number of nitrogens with zero attached hydrogens (tertiary/aromatic N) is 3. The first-order valence-corrected chi connectivity index (χ1v) is 10.2. The Morgan fingerprint density at radius 2 is 1.97 bits per heavy atom. The van der Waals surface area contributed by atoms with E-state index in [2.05, 4.69) is 20.2 Å². The second-order valence-corrected chi connectivity index (χ2v) is 7.28. The average Bonchev–Trinajstić information content (AvgIpc) is 3.21. The number of methoxy groups -OCH3 is 1. The van der Waals surface area contributed by atoms with Gasteiger partial charge in [-0.15, -0.1) is 0 Å². The van der Waals surface area contributed by atoms with Crippen LogP contribution < -0.4 is 15.0 Å². The van der Waals surface area contributed by atoms with Gasteiger partial charge in [0.25, 0.3) is 5.91 Å². The van der Waals surface area contributed by atoms with Gasteiger partial charge in [0.1, 0.15) is 16.8 Å². The van der Waals surface area contributed by atoms with Gasteiger partial charge in [-0.2, -0.15) is 0 Å². The van der Waals surface area contributed by atoms with Crippen LogP contribution in [0.4, 0.5) is 5.82 Å². The summed E-state index contributed by atoms with van der Waals surface area (Å²) in [7, 11) is 1.61. The molecule has 0 saturated carbocycles. The van der Waals surface area contributed by atoms with Crippen molar-refractivity contribution >= 4 is 33.8 Å². The predicted octanol–water partition coefficient (Wildman–Crippen LogP) is 3.15. The van der Waals surface area contributed by atoms with E-state index >= 15 is 0 Å². The number of para-hydroxylation sites is 1. The van der Waals surface area contributed by atoms with Crippen LogP contribution in [-0.4, -0.2) is 49.3 Å². The van der Waals surface area contributed by atoms with Gasteiger partial charge in [-0.25, -0.2) is 9.97 Å². The van der Waals surface area contributed by atoms with Crippen LogP contribution in [0, 0.1) is 0 Å². The number of furan rings is 1. The standard InChI is InChI=1S/C23H22N4O4/c1-29-16-6-4-5-15(13-16)14-24-23(28)21-25-19-17-7-2-3-8-18(17)31-20(19)22(26-21)27-9-11-30-12-10-27/h2-8,13H,9-12,14H2,1H3,(H,24,28). The van der Waals surface area contributed by atoms with E-state index in [9.17, 15) is 4.79 Å². The summed E-state index contributed by atoms with van der Waals surface area (Å²) in [6.45, 7) is 2.89. The Morgan fingerprint density at radius 1 is 1.13 bits per heavy atom. The molecule has 158 valence electrons. The molecule has 0 atom stereocenters. The van der Waals surface area contributed by atoms with Gasteiger partial charge in [-0.1, -0.05) is 24.3 Å². The molecule has 0 bridgehead atoms. The molecule has 0 unspecified atom stereocenters. The molecule has 3 heterocycles. The Bertz CT molecular complexity index is 1250. The summed E-state index contributed by atoms with van der Waals surface area (Å²) >= 11 is 0. The van der Waals surface area contributed by atoms with E-state index in [1.165, 1.54) is 0 Å². The summed E-state index contributed by atoms with van der Waals surface area (Å²) < 4.78 is 16.8. The molecule has 1 aliphatic rings. The average molecular weight is 418 g/mol. The fourth-order valence-corrected chi connectivity index (χ4v) is 3.71. The molecule has 8 nitrogen and oxygen atoms in total. The first-order valence-electron chi connectivity index (χ1n) is 10.2. The van der Waals surface area contributed by atoms with E-state index in [0.717, 1.165) is 22.3 Å². The smallest absolute Gasteiger partial charge is 0.289 e. The Morgan fingerprint density at radius 3 is 2.81 bits per heavy atom. The number of nitrogens with one attached hydrogen (secondary N) is 1. The minimum Gasteiger partial charge on any atom is -0.497 e. The molecule has 0 spiro atoms. The molecule has 2 aromatic heterocycles. The van der Waals surface area contributed by atoms with Gasteiger partial charge >= 0.3 is 0 Å². The number of fused-ring (bicyclic) bond motifs is 3. The van der Waals surface area contributed by atoms with Crippen LogP contribution in [0.3, 0.4) is 0 Å². The number of benzene rings is 2. The van der Waals surface area contributed by atoms with E-state index in [1.807, 2.05) is 48.5 Å². The molecular weight excluding hydrogens is 396 g/mol. The SMILES string of the molecule is COc1cccc(CNC(=O)c2nc(N3CCOCC3)c3oc4ccccc4c3n2)c1. The van der Waals surface area contributed by atoms with Gasteiger partial charge in [0.15, 0.2) is 11.4 Å². The lowest BCUT2D eigenvalue weighted by molar-refractivity contribution is 0.0940. The van der Waals surface area contributed by atoms with Crippen LogP contribution in [0.15, 0.2) is 52.9 Å². The lowest BCUT2D eigenvalue weighted by Gasteiger charge is -2.27. The third-order valence-electron chi connectivity index (χ3n) is 5.30. The monoisotopic (exact) mass is 418 g/mol. The third-order valence-corrected chi connectivity index (χ3v) is 5.30. The van der Waals surface area contributed by atoms with Crippen molar-refractivity contribution in [2.75, 3.05) is 38.3 Å². The number of anilines is 1. The molecule has 1 aliphatic heterocycles. The maximum Gasteiger partial charge on any atom is 0.289 e. The highest BCUT2D eigenvalue weighted by Gasteiger charge is 2.24. The number of carbonyl (C=O) groups excluding carboxylic acids is 1. The highest BCUT2D eigenvalue weighted by atomic mass is 16.5. The topological polar surface area (TPSA) is 89.7 Å². The van der Waals surface area contributed by atoms with E-state index in [0.29, 0.717) is 49.8 Å². The van der Waals surface area contributed by atoms with Crippen LogP contribution in [-0.2, 0) is 11.3 Å². The van der Waals surface area contributed by atoms with Gasteiger partial charge in [0.05, 0.1) is 20.3 Å². The normalized spacial score (nSPS) is 14.2. The summed E-state index contributed by atoms with van der Waals surface area (Å²) in [4.78, 5) is 24.2. The highest BCUT2D eigenvalue weighted by Crippen LogP contribution is 2.33. The van der Waals surface area contributed by atoms with Gasteiger partial charge in [-0.05, 0) is 29.8 Å². The van der Waals surface area contributed by atoms with E-state index in [4.69, 9.17) is 13.9 Å². The van der Waals surface area contributed by atoms with Crippen molar-refractivity contribution in [3.8, 4) is 5.75 Å². The van der Waals surface area contributed by atoms with Crippen LogP contribution in [0.5, 0.6) is 5.75 Å². The molecule has 1 fully saturated rings. The van der Waals surface area contributed by atoms with Crippen molar-refractivity contribution in [1.29, 1.82) is 0 Å². The number of rotatable bonds is 5. The van der Waals surface area contributed by atoms with Crippen LogP contribution in [0.25, 0.3) is 22.1 Å². The van der Waals surface area contributed by atoms with E-state index in [-0.39, 0.29) is 11.7 Å². The molecule has 1 N–H and O–H groups in total. The van der Waals surface area contributed by atoms with E-state index in [1.54, 1.807) is 7.11 Å². The van der Waals surface area contributed by atoms with Crippen LogP contribution >= 0.6 is 0 Å². The van der Waals surface area contributed by atoms with Gasteiger partial charge in [0.2, 0.25) is 5.82 Å². The Balaban J connectivity index is 1.51. The molecule has 0 aliphatic carbocycles. The van der Waals surface area contributed by atoms with Crippen molar-refractivity contribution in [3.05, 3.63) is 59.9 Å². The number of hydrogen-bond acceptors (Lipinski definition) is 7. The first-order chi connectivity index (χ1) is 15.2. The summed E-state index contributed by atoms with van der Waals surface area (Å²) in [6.07, 6.45) is 0. The summed E-state index contributed by atoms with van der Waals surface area (Å²) in [6, 6.07) is 15.2. The lowest BCUT2D eigenvalue weighted by Crippen LogP contribution is -2.37. The number of amides is 1. The predicted molar refractivity (Wildman–Crippen MR) is 117 cm³/mol. The quantitative estimate of drug-likeness (QED) is 0.532. The molecule has 2 aromatic carbocycles. The molecule has 8 heteroatoms. The highest BCUT2D eigenvalue weighted by molar-refractivity contribution is 6.07. The molecule has 31 heavy (non-hydrogen) atoms. The molecule has 1 saturated heterocycles. The zero-order valence-corrected chi connectivity index (χ0v) is 17.1. The summed E-state index contributed by atoms with van der Waals surface area (Å²) in [5, 5.41) is 3.77. The molecule has 1 amide bonds. The van der Waals surface area contributed by atoms with Crippen molar-refractivity contribution in [3.63, 3.8) is 0 Å². The number of morpholine rings is 1. The Kier molecular flexibility index (Phi) is 5.13. The zero-order valence-electron chi connectivity index (χ0n) is 17.1. The maximum absolute atomic E-state index is 13.0. The van der Waals surface area contributed by atoms with Gasteiger partial charge < -0.3 is 24.1 Å². The number of aromatic nitrogens is 2. The van der Waals surface area contributed by atoms with E-state index < -0.39 is 0 Å². The first kappa shape index (κ1) is 19.3. The van der Waals surface area contributed by atoms with Crippen molar-refractivity contribution in [1.82, 2.24) is 15.3 Å². The third kappa shape index (κ3) is 3.77. The van der Waals surface area contributed by atoms with Crippen molar-refractivity contribution in [2.45, 2.75) is 6.54 Å². The largest absolute Gasteiger partial charge is 0.497 e. The van der Waals surface area contributed by atoms with Gasteiger partial charge in [-0.3, -0.25) is 4.79 Å². The molecule has 0 radical (unpaired) electrons. The van der Waals surface area contributed by atoms with Gasteiger partial charge in [0, 0.05) is 25.0 Å². The molecular formula is C23H22N4O4. The van der Waals surface area contributed by atoms with Crippen molar-refractivity contribution in [2.24, 2.45) is 0 Å². The maximum atomic E-state index is 13.0. The fourth-order valence-electron chi connectivity index (χ4n) is 3.71. The number of carbonyl (C=O) groups is 1. The van der Waals surface area contributed by atoms with Crippen molar-refractivity contribution < 1.29 is 18.7 Å². The minimum atomic E-state index is -0.343. The summed E-state index contributed by atoms with van der Waals surface area (Å²) in [5.74, 6) is 1.13. The molecule has 4 aromatic rings. The summed E-state index contributed by atoms with van der Waals surface area (Å²) in [5.41, 5.74) is 2.87. The second kappa shape index (κ2) is 8.23. The second-order valence-electron chi connectivity index (χ2n) is 7.28. The number of ether oxygens (including phenoxy) is 2. The number of hydrogen-bond donors (Lipinski definition) is 1. The Hall–Kier alpha value is -3.65. The Labute approximate surface area is 178 Å². The lowest BCUT2D eigenvalue weighted by atomic mass is 10.2. The van der Waals surface area contributed by atoms with Crippen LogP contribution in [0.1, 0.15) is 16.2 Å². The zero-order chi connectivity index (χ0) is 21.2. The molecule has 5 rings (SSSR count). The fraction of sp³-hybridized carbons (Fsp3) is 0.261. The van der Waals surface area contributed by atoms with Crippen LogP contribution in [0.2, 0.25) is 0 Å². The minimum absolute atomic E-state index is 0.114.